The molecule has 0 radical (unpaired) electrons. The average Bonchev–Trinajstić information content (AvgIpc) is 2.93. The van der Waals surface area contributed by atoms with Crippen molar-refractivity contribution in [3.05, 3.63) is 63.9 Å². The van der Waals surface area contributed by atoms with E-state index in [1.807, 2.05) is 24.3 Å². The lowest BCUT2D eigenvalue weighted by molar-refractivity contribution is 0.414. The lowest BCUT2D eigenvalue weighted by Crippen LogP contribution is -2.35. The Morgan fingerprint density at radius 1 is 1.18 bits per heavy atom. The Balaban J connectivity index is 1.71. The van der Waals surface area contributed by atoms with E-state index in [1.165, 1.54) is 16.7 Å². The molecule has 1 fully saturated rings. The van der Waals surface area contributed by atoms with Gasteiger partial charge in [0, 0.05) is 18.0 Å². The Bertz CT molecular complexity index is 741. The molecule has 1 aromatic carbocycles. The van der Waals surface area contributed by atoms with Gasteiger partial charge in [0.05, 0.1) is 24.6 Å². The highest BCUT2D eigenvalue weighted by atomic mass is 35.5. The summed E-state index contributed by atoms with van der Waals surface area (Å²) in [6.07, 6.45) is 5.82. The molecule has 1 N–H and O–H groups in total. The van der Waals surface area contributed by atoms with Crippen LogP contribution in [0.1, 0.15) is 24.4 Å². The van der Waals surface area contributed by atoms with Crippen molar-refractivity contribution >= 4 is 17.3 Å². The van der Waals surface area contributed by atoms with Crippen LogP contribution in [0.25, 0.3) is 0 Å². The molecule has 3 nitrogen and oxygen atoms in total. The molecule has 1 saturated heterocycles. The predicted molar refractivity (Wildman–Crippen MR) is 89.5 cm³/mol. The van der Waals surface area contributed by atoms with E-state index in [0.29, 0.717) is 0 Å². The van der Waals surface area contributed by atoms with Gasteiger partial charge in [0.15, 0.2) is 0 Å². The fourth-order valence-corrected chi connectivity index (χ4v) is 3.53. The SMILES string of the molecule is COc1ccc([C@@H]2NCCC3=C4CC(Cl)=CC=C4N=C32)cc1. The number of methoxy groups -OCH3 is 1. The summed E-state index contributed by atoms with van der Waals surface area (Å²) in [6, 6.07) is 8.35. The molecule has 1 atom stereocenters. The highest BCUT2D eigenvalue weighted by Crippen LogP contribution is 2.40. The minimum absolute atomic E-state index is 0.146. The van der Waals surface area contributed by atoms with E-state index in [0.717, 1.165) is 41.6 Å². The fourth-order valence-electron chi connectivity index (χ4n) is 3.33. The highest BCUT2D eigenvalue weighted by Gasteiger charge is 2.33. The van der Waals surface area contributed by atoms with Gasteiger partial charge in [-0.3, -0.25) is 4.99 Å². The van der Waals surface area contributed by atoms with Gasteiger partial charge in [0.1, 0.15) is 5.75 Å². The van der Waals surface area contributed by atoms with Crippen molar-refractivity contribution in [2.75, 3.05) is 13.7 Å². The molecular weight excluding hydrogens is 296 g/mol. The van der Waals surface area contributed by atoms with Crippen LogP contribution in [0, 0.1) is 0 Å². The summed E-state index contributed by atoms with van der Waals surface area (Å²) in [4.78, 5) is 4.87. The summed E-state index contributed by atoms with van der Waals surface area (Å²) in [5, 5.41) is 4.47. The molecule has 0 bridgehead atoms. The van der Waals surface area contributed by atoms with Crippen molar-refractivity contribution in [1.29, 1.82) is 0 Å². The van der Waals surface area contributed by atoms with Crippen molar-refractivity contribution in [2.24, 2.45) is 4.99 Å². The first-order valence-corrected chi connectivity index (χ1v) is 7.89. The first-order valence-electron chi connectivity index (χ1n) is 7.51. The zero-order valence-corrected chi connectivity index (χ0v) is 13.2. The number of hydrogen-bond donors (Lipinski definition) is 1. The predicted octanol–water partition coefficient (Wildman–Crippen LogP) is 3.89. The van der Waals surface area contributed by atoms with Gasteiger partial charge in [-0.2, -0.15) is 0 Å². The molecule has 0 unspecified atom stereocenters. The number of ether oxygens (including phenoxy) is 1. The Morgan fingerprint density at radius 3 is 2.77 bits per heavy atom. The van der Waals surface area contributed by atoms with E-state index in [1.54, 1.807) is 7.11 Å². The third kappa shape index (κ3) is 2.21. The molecule has 2 heterocycles. The van der Waals surface area contributed by atoms with Gasteiger partial charge in [-0.25, -0.2) is 0 Å². The Hall–Kier alpha value is -1.84. The van der Waals surface area contributed by atoms with Crippen molar-refractivity contribution < 1.29 is 4.74 Å². The number of fused-ring (bicyclic) bond motifs is 2. The molecule has 0 aromatic heterocycles. The van der Waals surface area contributed by atoms with Crippen LogP contribution in [0.5, 0.6) is 5.75 Å². The standard InChI is InChI=1S/C18H17ClN2O/c1-22-13-5-2-11(3-6-13)17-18-14(8-9-20-17)15-10-12(19)4-7-16(15)21-18/h2-7,17,20H,8-10H2,1H3/t17-/m0/s1. The minimum Gasteiger partial charge on any atom is -0.497 e. The molecular formula is C18H17ClN2O. The molecule has 0 spiro atoms. The van der Waals surface area contributed by atoms with Crippen molar-refractivity contribution in [1.82, 2.24) is 5.32 Å². The van der Waals surface area contributed by atoms with E-state index < -0.39 is 0 Å². The number of hydrogen-bond acceptors (Lipinski definition) is 3. The smallest absolute Gasteiger partial charge is 0.118 e. The Kier molecular flexibility index (Phi) is 3.40. The van der Waals surface area contributed by atoms with Gasteiger partial charge in [0.2, 0.25) is 0 Å². The molecule has 3 aliphatic rings. The lowest BCUT2D eigenvalue weighted by atomic mass is 9.88. The Morgan fingerprint density at radius 2 is 2.00 bits per heavy atom. The van der Waals surface area contributed by atoms with Crippen LogP contribution in [-0.4, -0.2) is 19.4 Å². The molecule has 1 aromatic rings. The topological polar surface area (TPSA) is 33.6 Å². The fraction of sp³-hybridized carbons (Fsp3) is 0.278. The summed E-state index contributed by atoms with van der Waals surface area (Å²) in [6.45, 7) is 0.961. The zero-order valence-electron chi connectivity index (χ0n) is 12.4. The summed E-state index contributed by atoms with van der Waals surface area (Å²) >= 11 is 6.20. The largest absolute Gasteiger partial charge is 0.497 e. The first kappa shape index (κ1) is 13.8. The molecule has 2 aliphatic heterocycles. The number of allylic oxidation sites excluding steroid dienone is 4. The third-order valence-electron chi connectivity index (χ3n) is 4.44. The van der Waals surface area contributed by atoms with Gasteiger partial charge < -0.3 is 10.1 Å². The molecule has 0 amide bonds. The van der Waals surface area contributed by atoms with Crippen molar-refractivity contribution in [3.63, 3.8) is 0 Å². The van der Waals surface area contributed by atoms with Crippen LogP contribution in [0.4, 0.5) is 0 Å². The highest BCUT2D eigenvalue weighted by molar-refractivity contribution is 6.30. The number of nitrogens with zero attached hydrogens (tertiary/aromatic N) is 1. The zero-order chi connectivity index (χ0) is 15.1. The lowest BCUT2D eigenvalue weighted by Gasteiger charge is -2.27. The molecule has 22 heavy (non-hydrogen) atoms. The van der Waals surface area contributed by atoms with Gasteiger partial charge in [0.25, 0.3) is 0 Å². The van der Waals surface area contributed by atoms with E-state index in [-0.39, 0.29) is 6.04 Å². The van der Waals surface area contributed by atoms with Crippen LogP contribution in [0.15, 0.2) is 63.3 Å². The van der Waals surface area contributed by atoms with Crippen LogP contribution >= 0.6 is 11.6 Å². The third-order valence-corrected chi connectivity index (χ3v) is 4.70. The quantitative estimate of drug-likeness (QED) is 0.899. The summed E-state index contributed by atoms with van der Waals surface area (Å²) < 4.78 is 5.24. The Labute approximate surface area is 135 Å². The second-order valence-electron chi connectivity index (χ2n) is 5.71. The summed E-state index contributed by atoms with van der Waals surface area (Å²) in [7, 11) is 1.69. The van der Waals surface area contributed by atoms with Crippen LogP contribution in [-0.2, 0) is 0 Å². The van der Waals surface area contributed by atoms with Crippen LogP contribution in [0.3, 0.4) is 0 Å². The van der Waals surface area contributed by atoms with E-state index in [9.17, 15) is 0 Å². The minimum atomic E-state index is 0.146. The number of halogens is 1. The maximum absolute atomic E-state index is 6.20. The van der Waals surface area contributed by atoms with E-state index >= 15 is 0 Å². The summed E-state index contributed by atoms with van der Waals surface area (Å²) in [5.41, 5.74) is 6.13. The molecule has 112 valence electrons. The molecule has 1 aliphatic carbocycles. The molecule has 4 heteroatoms. The number of benzene rings is 1. The van der Waals surface area contributed by atoms with Crippen LogP contribution < -0.4 is 10.1 Å². The number of aliphatic imine (C=N–C) groups is 1. The maximum Gasteiger partial charge on any atom is 0.118 e. The van der Waals surface area contributed by atoms with Crippen molar-refractivity contribution in [3.8, 4) is 5.75 Å². The average molecular weight is 313 g/mol. The second-order valence-corrected chi connectivity index (χ2v) is 6.19. The van der Waals surface area contributed by atoms with E-state index in [2.05, 4.69) is 17.4 Å². The van der Waals surface area contributed by atoms with Crippen molar-refractivity contribution in [2.45, 2.75) is 18.9 Å². The first-order chi connectivity index (χ1) is 10.8. The molecule has 0 saturated carbocycles. The number of nitrogens with one attached hydrogen (secondary N) is 1. The van der Waals surface area contributed by atoms with Gasteiger partial charge in [-0.1, -0.05) is 23.7 Å². The van der Waals surface area contributed by atoms with Gasteiger partial charge in [-0.15, -0.1) is 0 Å². The van der Waals surface area contributed by atoms with Gasteiger partial charge in [-0.05, 0) is 47.4 Å². The van der Waals surface area contributed by atoms with Crippen LogP contribution in [0.2, 0.25) is 0 Å². The van der Waals surface area contributed by atoms with Gasteiger partial charge >= 0.3 is 0 Å². The van der Waals surface area contributed by atoms with E-state index in [4.69, 9.17) is 21.3 Å². The maximum atomic E-state index is 6.20. The molecule has 4 rings (SSSR count). The second kappa shape index (κ2) is 5.41. The monoisotopic (exact) mass is 312 g/mol. The normalized spacial score (nSPS) is 23.4. The summed E-state index contributed by atoms with van der Waals surface area (Å²) in [5.74, 6) is 0.874. The number of rotatable bonds is 2. The number of piperidine rings is 1.